The van der Waals surface area contributed by atoms with Crippen LogP contribution in [0, 0.1) is 0 Å². The van der Waals surface area contributed by atoms with Gasteiger partial charge in [0.05, 0.1) is 24.2 Å². The molecule has 0 radical (unpaired) electrons. The lowest BCUT2D eigenvalue weighted by Crippen LogP contribution is -2.54. The number of nitrogens with one attached hydrogen (secondary N) is 1. The maximum absolute atomic E-state index is 14.2. The normalized spacial score (nSPS) is 21.7. The highest BCUT2D eigenvalue weighted by Crippen LogP contribution is 2.36. The molecular weight excluding hydrogens is 488 g/mol. The molecule has 1 saturated carbocycles. The third kappa shape index (κ3) is 6.78. The Bertz CT molecular complexity index is 1170. The van der Waals surface area contributed by atoms with Crippen molar-refractivity contribution in [2.24, 2.45) is 0 Å². The third-order valence-corrected chi connectivity index (χ3v) is 8.07. The van der Waals surface area contributed by atoms with Gasteiger partial charge in [0, 0.05) is 51.6 Å². The van der Waals surface area contributed by atoms with Crippen LogP contribution in [0.15, 0.2) is 67.0 Å². The Morgan fingerprint density at radius 1 is 1.00 bits per heavy atom. The fourth-order valence-electron chi connectivity index (χ4n) is 6.06. The molecule has 0 bridgehead atoms. The fraction of sp³-hybridized carbons (Fsp3) is 0.500. The van der Waals surface area contributed by atoms with E-state index in [4.69, 9.17) is 14.5 Å². The second kappa shape index (κ2) is 13.9. The highest BCUT2D eigenvalue weighted by molar-refractivity contribution is 5.98. The summed E-state index contributed by atoms with van der Waals surface area (Å²) in [5, 5.41) is 3.49. The van der Waals surface area contributed by atoms with Crippen molar-refractivity contribution in [1.29, 1.82) is 0 Å². The number of aromatic nitrogens is 2. The van der Waals surface area contributed by atoms with Crippen LogP contribution < -0.4 is 5.32 Å². The minimum absolute atomic E-state index is 0.0166. The van der Waals surface area contributed by atoms with Crippen molar-refractivity contribution in [1.82, 2.24) is 19.8 Å². The largest absolute Gasteiger partial charge is 0.385 e. The summed E-state index contributed by atoms with van der Waals surface area (Å²) < 4.78 is 13.9. The zero-order valence-corrected chi connectivity index (χ0v) is 23.1. The summed E-state index contributed by atoms with van der Waals surface area (Å²) in [4.78, 5) is 21.1. The summed E-state index contributed by atoms with van der Waals surface area (Å²) >= 11 is 0. The van der Waals surface area contributed by atoms with Crippen LogP contribution in [0.5, 0.6) is 0 Å². The van der Waals surface area contributed by atoms with Crippen molar-refractivity contribution in [2.75, 3.05) is 40.0 Å². The van der Waals surface area contributed by atoms with Crippen LogP contribution in [0.3, 0.4) is 0 Å². The molecule has 3 atom stereocenters. The van der Waals surface area contributed by atoms with Gasteiger partial charge in [-0.15, -0.1) is 0 Å². The number of benzene rings is 2. The van der Waals surface area contributed by atoms with E-state index in [1.54, 1.807) is 7.11 Å². The van der Waals surface area contributed by atoms with Crippen molar-refractivity contribution in [3.8, 4) is 11.3 Å². The molecule has 1 aromatic heterocycles. The molecule has 1 aliphatic heterocycles. The number of nitrogens with zero attached hydrogens (tertiary/aromatic N) is 3. The molecule has 208 valence electrons. The summed E-state index contributed by atoms with van der Waals surface area (Å²) in [7, 11) is 1.74. The number of hydrogen-bond donors (Lipinski definition) is 1. The van der Waals surface area contributed by atoms with E-state index in [1.807, 2.05) is 35.5 Å². The number of ether oxygens (including phenoxy) is 2. The topological polar surface area (TPSA) is 68.6 Å². The van der Waals surface area contributed by atoms with Gasteiger partial charge in [-0.1, -0.05) is 73.5 Å². The highest BCUT2D eigenvalue weighted by Gasteiger charge is 2.34. The number of piperazine rings is 1. The van der Waals surface area contributed by atoms with E-state index in [1.165, 1.54) is 12.0 Å². The standard InChI is InChI=1S/C32H42N4O3/c1-38-20-10-11-21-39-29-17-9-8-16-28(29)36-24-34-30(31(36)26-14-6-3-7-15-26)32(37)35-19-18-33-23-27(35)22-25-12-4-2-5-13-25/h2-7,12-15,24,27-29,33H,8-11,16-23H2,1H3/t27-,28+,29+/m1/s1. The Balaban J connectivity index is 1.43. The number of carbonyl (C=O) groups excluding carboxylic acids is 1. The van der Waals surface area contributed by atoms with Crippen molar-refractivity contribution < 1.29 is 14.3 Å². The minimum Gasteiger partial charge on any atom is -0.385 e. The van der Waals surface area contributed by atoms with E-state index < -0.39 is 0 Å². The van der Waals surface area contributed by atoms with Gasteiger partial charge < -0.3 is 24.3 Å². The van der Waals surface area contributed by atoms with Crippen LogP contribution in [0.2, 0.25) is 0 Å². The van der Waals surface area contributed by atoms with E-state index in [2.05, 4.69) is 46.3 Å². The van der Waals surface area contributed by atoms with Crippen LogP contribution in [0.1, 0.15) is 60.6 Å². The number of amides is 1. The number of imidazole rings is 1. The Labute approximate surface area is 232 Å². The molecule has 2 heterocycles. The van der Waals surface area contributed by atoms with Gasteiger partial charge in [-0.3, -0.25) is 4.79 Å². The molecule has 1 aliphatic carbocycles. The first-order valence-corrected chi connectivity index (χ1v) is 14.5. The predicted molar refractivity (Wildman–Crippen MR) is 154 cm³/mol. The minimum atomic E-state index is 0.0166. The van der Waals surface area contributed by atoms with Crippen LogP contribution in [-0.2, 0) is 15.9 Å². The maximum atomic E-state index is 14.2. The highest BCUT2D eigenvalue weighted by atomic mass is 16.5. The van der Waals surface area contributed by atoms with Gasteiger partial charge in [-0.05, 0) is 37.7 Å². The molecule has 1 amide bonds. The fourth-order valence-corrected chi connectivity index (χ4v) is 6.06. The Hall–Kier alpha value is -3.00. The van der Waals surface area contributed by atoms with Crippen LogP contribution in [0.4, 0.5) is 0 Å². The molecule has 0 spiro atoms. The number of carbonyl (C=O) groups is 1. The Morgan fingerprint density at radius 2 is 1.74 bits per heavy atom. The lowest BCUT2D eigenvalue weighted by Gasteiger charge is -2.36. The van der Waals surface area contributed by atoms with Gasteiger partial charge >= 0.3 is 0 Å². The molecule has 2 aliphatic rings. The summed E-state index contributed by atoms with van der Waals surface area (Å²) in [6.45, 7) is 3.74. The second-order valence-corrected chi connectivity index (χ2v) is 10.7. The van der Waals surface area contributed by atoms with Crippen molar-refractivity contribution in [3.05, 3.63) is 78.2 Å². The first kappa shape index (κ1) is 27.6. The smallest absolute Gasteiger partial charge is 0.275 e. The maximum Gasteiger partial charge on any atom is 0.275 e. The van der Waals surface area contributed by atoms with Crippen LogP contribution in [0.25, 0.3) is 11.3 Å². The van der Waals surface area contributed by atoms with Gasteiger partial charge in [0.15, 0.2) is 5.69 Å². The molecule has 5 rings (SSSR count). The Morgan fingerprint density at radius 3 is 2.54 bits per heavy atom. The molecule has 0 unspecified atom stereocenters. The number of methoxy groups -OCH3 is 1. The summed E-state index contributed by atoms with van der Waals surface area (Å²) in [6.07, 6.45) is 9.20. The van der Waals surface area contributed by atoms with E-state index in [0.717, 1.165) is 76.1 Å². The SMILES string of the molecule is COCCCCO[C@H]1CCCC[C@@H]1n1cnc(C(=O)N2CCNC[C@H]2Cc2ccccc2)c1-c1ccccc1. The number of unbranched alkanes of at least 4 members (excludes halogenated alkanes) is 1. The van der Waals surface area contributed by atoms with Gasteiger partial charge in [0.2, 0.25) is 0 Å². The average molecular weight is 531 g/mol. The molecular formula is C32H42N4O3. The van der Waals surface area contributed by atoms with Gasteiger partial charge in [-0.2, -0.15) is 0 Å². The zero-order chi connectivity index (χ0) is 26.9. The predicted octanol–water partition coefficient (Wildman–Crippen LogP) is 5.13. The first-order valence-electron chi connectivity index (χ1n) is 14.5. The molecule has 7 nitrogen and oxygen atoms in total. The van der Waals surface area contributed by atoms with E-state index in [9.17, 15) is 4.79 Å². The van der Waals surface area contributed by atoms with E-state index in [-0.39, 0.29) is 24.1 Å². The average Bonchev–Trinajstić information content (AvgIpc) is 3.43. The monoisotopic (exact) mass is 530 g/mol. The van der Waals surface area contributed by atoms with Crippen LogP contribution >= 0.6 is 0 Å². The van der Waals surface area contributed by atoms with Crippen LogP contribution in [-0.4, -0.2) is 72.5 Å². The van der Waals surface area contributed by atoms with Crippen molar-refractivity contribution in [3.63, 3.8) is 0 Å². The van der Waals surface area contributed by atoms with E-state index in [0.29, 0.717) is 12.2 Å². The molecule has 2 aromatic carbocycles. The molecule has 2 fully saturated rings. The first-order chi connectivity index (χ1) is 19.3. The Kier molecular flexibility index (Phi) is 9.81. The number of rotatable bonds is 11. The quantitative estimate of drug-likeness (QED) is 0.348. The molecule has 7 heteroatoms. The molecule has 3 aromatic rings. The second-order valence-electron chi connectivity index (χ2n) is 10.7. The van der Waals surface area contributed by atoms with Gasteiger partial charge in [0.1, 0.15) is 0 Å². The van der Waals surface area contributed by atoms with Crippen molar-refractivity contribution in [2.45, 2.75) is 63.1 Å². The summed E-state index contributed by atoms with van der Waals surface area (Å²) in [6, 6.07) is 21.0. The lowest BCUT2D eigenvalue weighted by atomic mass is 9.91. The zero-order valence-electron chi connectivity index (χ0n) is 23.1. The van der Waals surface area contributed by atoms with Gasteiger partial charge in [-0.25, -0.2) is 4.98 Å². The van der Waals surface area contributed by atoms with Crippen molar-refractivity contribution >= 4 is 5.91 Å². The molecule has 39 heavy (non-hydrogen) atoms. The lowest BCUT2D eigenvalue weighted by molar-refractivity contribution is -0.00857. The molecule has 1 saturated heterocycles. The summed E-state index contributed by atoms with van der Waals surface area (Å²) in [5.74, 6) is 0.0166. The van der Waals surface area contributed by atoms with E-state index >= 15 is 0 Å². The number of hydrogen-bond acceptors (Lipinski definition) is 5. The molecule has 1 N–H and O–H groups in total. The summed E-state index contributed by atoms with van der Waals surface area (Å²) in [5.41, 5.74) is 3.73. The van der Waals surface area contributed by atoms with Gasteiger partial charge in [0.25, 0.3) is 5.91 Å². The third-order valence-electron chi connectivity index (χ3n) is 8.07.